The van der Waals surface area contributed by atoms with E-state index in [0.717, 1.165) is 37.8 Å². The SMILES string of the molecule is Cc1ccc(OC(=O)/C(=C\c2nc3ccccc3n2Cc2ccccc2Br)c2ccc(C)cc2)cc1. The van der Waals surface area contributed by atoms with Gasteiger partial charge in [0.1, 0.15) is 11.6 Å². The highest BCUT2D eigenvalue weighted by molar-refractivity contribution is 9.10. The quantitative estimate of drug-likeness (QED) is 0.127. The van der Waals surface area contributed by atoms with Crippen LogP contribution in [0, 0.1) is 13.8 Å². The Morgan fingerprint density at radius 3 is 2.22 bits per heavy atom. The Hall–Kier alpha value is -3.96. The van der Waals surface area contributed by atoms with E-state index < -0.39 is 5.97 Å². The third-order valence-electron chi connectivity index (χ3n) is 6.06. The summed E-state index contributed by atoms with van der Waals surface area (Å²) in [6.07, 6.45) is 1.83. The second kappa shape index (κ2) is 10.3. The van der Waals surface area contributed by atoms with Gasteiger partial charge in [0.2, 0.25) is 0 Å². The summed E-state index contributed by atoms with van der Waals surface area (Å²) >= 11 is 3.67. The summed E-state index contributed by atoms with van der Waals surface area (Å²) in [6, 6.07) is 31.5. The smallest absolute Gasteiger partial charge is 0.344 e. The second-order valence-electron chi connectivity index (χ2n) is 8.76. The van der Waals surface area contributed by atoms with Crippen molar-refractivity contribution in [2.45, 2.75) is 20.4 Å². The number of hydrogen-bond acceptors (Lipinski definition) is 3. The van der Waals surface area contributed by atoms with Gasteiger partial charge >= 0.3 is 5.97 Å². The Morgan fingerprint density at radius 1 is 0.861 bits per heavy atom. The summed E-state index contributed by atoms with van der Waals surface area (Å²) in [6.45, 7) is 4.62. The van der Waals surface area contributed by atoms with Crippen LogP contribution < -0.4 is 4.74 Å². The van der Waals surface area contributed by atoms with E-state index in [1.54, 1.807) is 0 Å². The van der Waals surface area contributed by atoms with Crippen molar-refractivity contribution in [2.24, 2.45) is 0 Å². The van der Waals surface area contributed by atoms with E-state index in [1.165, 1.54) is 0 Å². The van der Waals surface area contributed by atoms with Gasteiger partial charge in [-0.1, -0.05) is 93.8 Å². The standard InChI is InChI=1S/C31H25BrN2O2/c1-21-11-15-23(16-12-21)26(31(35)36-25-17-13-22(2)14-18-25)19-30-33-28-9-5-6-10-29(28)34(30)20-24-7-3-4-8-27(24)32/h3-19H,20H2,1-2H3/b26-19-. The van der Waals surface area contributed by atoms with Gasteiger partial charge in [-0.15, -0.1) is 0 Å². The molecule has 4 nitrogen and oxygen atoms in total. The van der Waals surface area contributed by atoms with Crippen LogP contribution in [-0.4, -0.2) is 15.5 Å². The van der Waals surface area contributed by atoms with E-state index in [9.17, 15) is 4.79 Å². The number of aryl methyl sites for hydroxylation is 2. The molecule has 0 aliphatic heterocycles. The van der Waals surface area contributed by atoms with Gasteiger partial charge in [-0.25, -0.2) is 9.78 Å². The number of carbonyl (C=O) groups is 1. The fourth-order valence-electron chi connectivity index (χ4n) is 4.06. The Balaban J connectivity index is 1.63. The van der Waals surface area contributed by atoms with Gasteiger partial charge < -0.3 is 9.30 Å². The fourth-order valence-corrected chi connectivity index (χ4v) is 4.47. The lowest BCUT2D eigenvalue weighted by Crippen LogP contribution is -2.11. The van der Waals surface area contributed by atoms with E-state index in [1.807, 2.05) is 111 Å². The number of imidazole rings is 1. The van der Waals surface area contributed by atoms with Crippen molar-refractivity contribution in [1.82, 2.24) is 9.55 Å². The summed E-state index contributed by atoms with van der Waals surface area (Å²) in [4.78, 5) is 18.4. The Bertz CT molecular complexity index is 1570. The maximum Gasteiger partial charge on any atom is 0.344 e. The van der Waals surface area contributed by atoms with Gasteiger partial charge in [-0.2, -0.15) is 0 Å². The molecule has 4 aromatic carbocycles. The zero-order valence-electron chi connectivity index (χ0n) is 20.1. The second-order valence-corrected chi connectivity index (χ2v) is 9.62. The average molecular weight is 537 g/mol. The molecule has 178 valence electrons. The van der Waals surface area contributed by atoms with Crippen LogP contribution in [0.4, 0.5) is 0 Å². The first-order valence-electron chi connectivity index (χ1n) is 11.7. The molecule has 0 unspecified atom stereocenters. The summed E-state index contributed by atoms with van der Waals surface area (Å²) < 4.78 is 8.94. The first-order chi connectivity index (χ1) is 17.5. The van der Waals surface area contributed by atoms with Gasteiger partial charge in [0.15, 0.2) is 0 Å². The van der Waals surface area contributed by atoms with Crippen molar-refractivity contribution in [3.63, 3.8) is 0 Å². The number of aromatic nitrogens is 2. The van der Waals surface area contributed by atoms with Crippen molar-refractivity contribution in [1.29, 1.82) is 0 Å². The third-order valence-corrected chi connectivity index (χ3v) is 6.83. The van der Waals surface area contributed by atoms with Gasteiger partial charge in [0.05, 0.1) is 23.2 Å². The van der Waals surface area contributed by atoms with Gasteiger partial charge in [-0.3, -0.25) is 0 Å². The number of halogens is 1. The molecule has 5 heteroatoms. The number of benzene rings is 4. The average Bonchev–Trinajstić information content (AvgIpc) is 3.23. The predicted octanol–water partition coefficient (Wildman–Crippen LogP) is 7.61. The third kappa shape index (κ3) is 5.16. The van der Waals surface area contributed by atoms with Crippen LogP contribution in [0.5, 0.6) is 5.75 Å². The monoisotopic (exact) mass is 536 g/mol. The van der Waals surface area contributed by atoms with E-state index in [0.29, 0.717) is 23.7 Å². The topological polar surface area (TPSA) is 44.1 Å². The van der Waals surface area contributed by atoms with Crippen LogP contribution in [0.2, 0.25) is 0 Å². The number of rotatable bonds is 6. The lowest BCUT2D eigenvalue weighted by Gasteiger charge is -2.12. The minimum absolute atomic E-state index is 0.429. The van der Waals surface area contributed by atoms with E-state index in [4.69, 9.17) is 9.72 Å². The molecule has 0 fully saturated rings. The highest BCUT2D eigenvalue weighted by Gasteiger charge is 2.18. The minimum atomic E-state index is -0.429. The lowest BCUT2D eigenvalue weighted by atomic mass is 10.0. The number of carbonyl (C=O) groups excluding carboxylic acids is 1. The highest BCUT2D eigenvalue weighted by Crippen LogP contribution is 2.27. The first kappa shape index (κ1) is 23.8. The largest absolute Gasteiger partial charge is 0.423 e. The molecular formula is C31H25BrN2O2. The van der Waals surface area contributed by atoms with E-state index >= 15 is 0 Å². The lowest BCUT2D eigenvalue weighted by molar-refractivity contribution is -0.127. The summed E-state index contributed by atoms with van der Waals surface area (Å²) in [7, 11) is 0. The zero-order valence-corrected chi connectivity index (χ0v) is 21.7. The molecule has 0 saturated heterocycles. The number of ether oxygens (including phenoxy) is 1. The van der Waals surface area contributed by atoms with Gasteiger partial charge in [-0.05, 0) is 61.4 Å². The van der Waals surface area contributed by atoms with Crippen molar-refractivity contribution in [3.05, 3.63) is 130 Å². The summed E-state index contributed by atoms with van der Waals surface area (Å²) in [5.74, 6) is 0.760. The molecule has 0 radical (unpaired) electrons. The molecule has 36 heavy (non-hydrogen) atoms. The maximum atomic E-state index is 13.5. The van der Waals surface area contributed by atoms with Gasteiger partial charge in [0, 0.05) is 4.47 Å². The molecule has 5 aromatic rings. The normalized spacial score (nSPS) is 11.6. The molecule has 0 bridgehead atoms. The first-order valence-corrected chi connectivity index (χ1v) is 12.5. The molecule has 5 rings (SSSR count). The molecule has 0 amide bonds. The number of hydrogen-bond donors (Lipinski definition) is 0. The Morgan fingerprint density at radius 2 is 1.50 bits per heavy atom. The number of para-hydroxylation sites is 2. The molecule has 0 aliphatic carbocycles. The number of fused-ring (bicyclic) bond motifs is 1. The van der Waals surface area contributed by atoms with Crippen LogP contribution in [0.3, 0.4) is 0 Å². The summed E-state index contributed by atoms with van der Waals surface area (Å²) in [5, 5.41) is 0. The Labute approximate surface area is 219 Å². The predicted molar refractivity (Wildman–Crippen MR) is 149 cm³/mol. The highest BCUT2D eigenvalue weighted by atomic mass is 79.9. The van der Waals surface area contributed by atoms with Crippen LogP contribution in [0.15, 0.2) is 102 Å². The molecule has 0 N–H and O–H groups in total. The fraction of sp³-hybridized carbons (Fsp3) is 0.0968. The summed E-state index contributed by atoms with van der Waals surface area (Å²) in [5.41, 5.74) is 6.42. The van der Waals surface area contributed by atoms with E-state index in [-0.39, 0.29) is 0 Å². The van der Waals surface area contributed by atoms with Crippen LogP contribution in [0.1, 0.15) is 28.1 Å². The molecule has 0 saturated carbocycles. The van der Waals surface area contributed by atoms with Crippen molar-refractivity contribution < 1.29 is 9.53 Å². The molecule has 0 atom stereocenters. The number of nitrogens with zero attached hydrogens (tertiary/aromatic N) is 2. The maximum absolute atomic E-state index is 13.5. The van der Waals surface area contributed by atoms with E-state index in [2.05, 4.69) is 26.6 Å². The van der Waals surface area contributed by atoms with Crippen LogP contribution in [-0.2, 0) is 11.3 Å². The Kier molecular flexibility index (Phi) is 6.83. The molecule has 0 spiro atoms. The van der Waals surface area contributed by atoms with Crippen molar-refractivity contribution >= 4 is 44.6 Å². The van der Waals surface area contributed by atoms with Crippen LogP contribution in [0.25, 0.3) is 22.7 Å². The van der Waals surface area contributed by atoms with Crippen molar-refractivity contribution in [2.75, 3.05) is 0 Å². The molecular weight excluding hydrogens is 512 g/mol. The molecule has 1 aromatic heterocycles. The minimum Gasteiger partial charge on any atom is -0.423 e. The van der Waals surface area contributed by atoms with Crippen molar-refractivity contribution in [3.8, 4) is 5.75 Å². The number of esters is 1. The zero-order chi connectivity index (χ0) is 25.1. The van der Waals surface area contributed by atoms with Gasteiger partial charge in [0.25, 0.3) is 0 Å². The van der Waals surface area contributed by atoms with Crippen LogP contribution >= 0.6 is 15.9 Å². The molecule has 0 aliphatic rings. The molecule has 1 heterocycles.